The lowest BCUT2D eigenvalue weighted by atomic mass is 10.1. The number of benzene rings is 2. The molecule has 0 atom stereocenters. The summed E-state index contributed by atoms with van der Waals surface area (Å²) in [5.41, 5.74) is 0.435. The first-order valence-electron chi connectivity index (χ1n) is 8.55. The van der Waals surface area contributed by atoms with Crippen LogP contribution in [0.3, 0.4) is 0 Å². The minimum Gasteiger partial charge on any atom is -0.486 e. The quantitative estimate of drug-likeness (QED) is 0.638. The third kappa shape index (κ3) is 4.88. The highest BCUT2D eigenvalue weighted by Gasteiger charge is 2.18. The van der Waals surface area contributed by atoms with Crippen LogP contribution in [0, 0.1) is 0 Å². The van der Waals surface area contributed by atoms with Crippen LogP contribution in [-0.2, 0) is 11.3 Å². The van der Waals surface area contributed by atoms with Crippen LogP contribution in [0.5, 0.6) is 5.75 Å². The Hall–Kier alpha value is -3.28. The van der Waals surface area contributed by atoms with E-state index in [0.717, 1.165) is 0 Å². The zero-order valence-electron chi connectivity index (χ0n) is 15.5. The van der Waals surface area contributed by atoms with E-state index in [-0.39, 0.29) is 6.61 Å². The number of para-hydroxylation sites is 1. The molecule has 0 amide bonds. The molecule has 27 heavy (non-hydrogen) atoms. The Labute approximate surface area is 157 Å². The summed E-state index contributed by atoms with van der Waals surface area (Å²) in [6.45, 7) is 5.57. The van der Waals surface area contributed by atoms with Gasteiger partial charge < -0.3 is 13.9 Å². The number of aromatic nitrogens is 1. The fourth-order valence-electron chi connectivity index (χ4n) is 2.40. The SMILES string of the molecule is CC(C)(C)OC(=O)c1ccc(-n2cc(COc3ccccc3)oc2=O)cc1. The predicted molar refractivity (Wildman–Crippen MR) is 100 cm³/mol. The third-order valence-electron chi connectivity index (χ3n) is 3.59. The average molecular weight is 367 g/mol. The van der Waals surface area contributed by atoms with Crippen molar-refractivity contribution in [2.75, 3.05) is 0 Å². The number of carbonyl (C=O) groups is 1. The van der Waals surface area contributed by atoms with Gasteiger partial charge in [-0.05, 0) is 57.2 Å². The van der Waals surface area contributed by atoms with Gasteiger partial charge in [-0.1, -0.05) is 18.2 Å². The summed E-state index contributed by atoms with van der Waals surface area (Å²) in [6.07, 6.45) is 1.58. The number of rotatable bonds is 5. The van der Waals surface area contributed by atoms with Crippen molar-refractivity contribution in [2.45, 2.75) is 33.0 Å². The second-order valence-electron chi connectivity index (χ2n) is 6.98. The zero-order valence-corrected chi connectivity index (χ0v) is 15.5. The standard InChI is InChI=1S/C21H21NO5/c1-21(2,3)27-19(23)15-9-11-16(12-10-15)22-13-18(26-20(22)24)14-25-17-7-5-4-6-8-17/h4-13H,14H2,1-3H3. The number of nitrogens with zero attached hydrogens (tertiary/aromatic N) is 1. The number of hydrogen-bond donors (Lipinski definition) is 0. The van der Waals surface area contributed by atoms with Crippen LogP contribution in [0.25, 0.3) is 5.69 Å². The number of esters is 1. The van der Waals surface area contributed by atoms with E-state index in [4.69, 9.17) is 13.9 Å². The van der Waals surface area contributed by atoms with E-state index in [0.29, 0.717) is 22.8 Å². The molecule has 6 nitrogen and oxygen atoms in total. The van der Waals surface area contributed by atoms with Gasteiger partial charge in [-0.15, -0.1) is 0 Å². The molecule has 0 saturated carbocycles. The maximum Gasteiger partial charge on any atom is 0.423 e. The van der Waals surface area contributed by atoms with Crippen LogP contribution in [0.4, 0.5) is 0 Å². The smallest absolute Gasteiger partial charge is 0.423 e. The molecule has 3 rings (SSSR count). The zero-order chi connectivity index (χ0) is 19.4. The summed E-state index contributed by atoms with van der Waals surface area (Å²) in [5, 5.41) is 0. The highest BCUT2D eigenvalue weighted by Crippen LogP contribution is 2.15. The molecular weight excluding hydrogens is 346 g/mol. The van der Waals surface area contributed by atoms with Gasteiger partial charge in [-0.3, -0.25) is 0 Å². The van der Waals surface area contributed by atoms with Gasteiger partial charge in [-0.25, -0.2) is 14.2 Å². The molecule has 0 aliphatic rings. The summed E-state index contributed by atoms with van der Waals surface area (Å²) < 4.78 is 17.5. The lowest BCUT2D eigenvalue weighted by Gasteiger charge is -2.19. The summed E-state index contributed by atoms with van der Waals surface area (Å²) >= 11 is 0. The molecule has 1 aromatic heterocycles. The lowest BCUT2D eigenvalue weighted by molar-refractivity contribution is 0.00695. The van der Waals surface area contributed by atoms with Crippen molar-refractivity contribution < 1.29 is 18.7 Å². The number of carbonyl (C=O) groups excluding carboxylic acids is 1. The highest BCUT2D eigenvalue weighted by molar-refractivity contribution is 5.89. The molecule has 140 valence electrons. The molecular formula is C21H21NO5. The van der Waals surface area contributed by atoms with E-state index < -0.39 is 17.3 Å². The number of hydrogen-bond acceptors (Lipinski definition) is 5. The highest BCUT2D eigenvalue weighted by atomic mass is 16.6. The molecule has 0 radical (unpaired) electrons. The van der Waals surface area contributed by atoms with E-state index in [1.165, 1.54) is 4.57 Å². The van der Waals surface area contributed by atoms with Crippen LogP contribution in [0.1, 0.15) is 36.9 Å². The molecule has 0 aliphatic carbocycles. The van der Waals surface area contributed by atoms with E-state index >= 15 is 0 Å². The molecule has 3 aromatic rings. The van der Waals surface area contributed by atoms with Gasteiger partial charge in [0.05, 0.1) is 17.4 Å². The van der Waals surface area contributed by atoms with Gasteiger partial charge in [0.25, 0.3) is 0 Å². The van der Waals surface area contributed by atoms with Crippen molar-refractivity contribution in [2.24, 2.45) is 0 Å². The second kappa shape index (κ2) is 7.53. The van der Waals surface area contributed by atoms with Gasteiger partial charge in [0.1, 0.15) is 18.0 Å². The molecule has 0 aliphatic heterocycles. The minimum atomic E-state index is -0.565. The molecule has 0 unspecified atom stereocenters. The molecule has 0 N–H and O–H groups in total. The Morgan fingerprint density at radius 3 is 2.33 bits per heavy atom. The molecule has 1 heterocycles. The van der Waals surface area contributed by atoms with Crippen molar-refractivity contribution >= 4 is 5.97 Å². The summed E-state index contributed by atoms with van der Waals surface area (Å²) in [6, 6.07) is 15.8. The Balaban J connectivity index is 1.72. The predicted octanol–water partition coefficient (Wildman–Crippen LogP) is 3.96. The lowest BCUT2D eigenvalue weighted by Crippen LogP contribution is -2.23. The van der Waals surface area contributed by atoms with Crippen LogP contribution in [0.2, 0.25) is 0 Å². The maximum atomic E-state index is 12.1. The first-order chi connectivity index (χ1) is 12.8. The number of ether oxygens (including phenoxy) is 2. The molecule has 2 aromatic carbocycles. The van der Waals surface area contributed by atoms with Crippen molar-refractivity contribution in [3.63, 3.8) is 0 Å². The van der Waals surface area contributed by atoms with Crippen LogP contribution >= 0.6 is 0 Å². The van der Waals surface area contributed by atoms with Gasteiger partial charge in [-0.2, -0.15) is 0 Å². The van der Waals surface area contributed by atoms with Gasteiger partial charge in [0, 0.05) is 0 Å². The summed E-state index contributed by atoms with van der Waals surface area (Å²) in [5.74, 6) is 0.159. The Kier molecular flexibility index (Phi) is 5.16. The summed E-state index contributed by atoms with van der Waals surface area (Å²) in [7, 11) is 0. The average Bonchev–Trinajstić information content (AvgIpc) is 3.00. The maximum absolute atomic E-state index is 12.1. The molecule has 0 bridgehead atoms. The fourth-order valence-corrected chi connectivity index (χ4v) is 2.40. The fraction of sp³-hybridized carbons (Fsp3) is 0.238. The van der Waals surface area contributed by atoms with Crippen molar-refractivity contribution in [1.82, 2.24) is 4.57 Å². The van der Waals surface area contributed by atoms with Gasteiger partial charge >= 0.3 is 11.7 Å². The Morgan fingerprint density at radius 2 is 1.70 bits per heavy atom. The normalized spacial score (nSPS) is 11.2. The summed E-state index contributed by atoms with van der Waals surface area (Å²) in [4.78, 5) is 24.2. The van der Waals surface area contributed by atoms with Crippen molar-refractivity contribution in [3.8, 4) is 11.4 Å². The topological polar surface area (TPSA) is 70.7 Å². The molecule has 6 heteroatoms. The second-order valence-corrected chi connectivity index (χ2v) is 6.98. The van der Waals surface area contributed by atoms with Crippen molar-refractivity contribution in [1.29, 1.82) is 0 Å². The van der Waals surface area contributed by atoms with E-state index in [9.17, 15) is 9.59 Å². The van der Waals surface area contributed by atoms with Gasteiger partial charge in [0.2, 0.25) is 0 Å². The van der Waals surface area contributed by atoms with E-state index in [1.54, 1.807) is 30.5 Å². The molecule has 0 saturated heterocycles. The Morgan fingerprint density at radius 1 is 1.04 bits per heavy atom. The largest absolute Gasteiger partial charge is 0.486 e. The first-order valence-corrected chi connectivity index (χ1v) is 8.55. The van der Waals surface area contributed by atoms with Crippen molar-refractivity contribution in [3.05, 3.63) is 82.7 Å². The van der Waals surface area contributed by atoms with Crippen LogP contribution in [-0.4, -0.2) is 16.1 Å². The van der Waals surface area contributed by atoms with Crippen LogP contribution < -0.4 is 10.5 Å². The van der Waals surface area contributed by atoms with E-state index in [1.807, 2.05) is 51.1 Å². The monoisotopic (exact) mass is 367 g/mol. The Bertz CT molecular complexity index is 962. The van der Waals surface area contributed by atoms with E-state index in [2.05, 4.69) is 0 Å². The third-order valence-corrected chi connectivity index (χ3v) is 3.59. The molecule has 0 spiro atoms. The molecule has 0 fully saturated rings. The first kappa shape index (κ1) is 18.5. The minimum absolute atomic E-state index is 0.141. The van der Waals surface area contributed by atoms with Gasteiger partial charge in [0.15, 0.2) is 5.76 Å². The number of oxazole rings is 1. The van der Waals surface area contributed by atoms with Crippen LogP contribution in [0.15, 0.2) is 70.0 Å².